The molecule has 0 aliphatic heterocycles. The standard InChI is InChI=1S/C19H18F3NO4/c1-12-9-15(26-2)7-8-16(12)18(25)27-11-17(24)23-10-13-3-5-14(6-4-13)19(20,21)22/h3-9H,10-11H2,1-2H3,(H,23,24). The largest absolute Gasteiger partial charge is 0.497 e. The smallest absolute Gasteiger partial charge is 0.416 e. The predicted octanol–water partition coefficient (Wildman–Crippen LogP) is 3.50. The number of methoxy groups -OCH3 is 1. The van der Waals surface area contributed by atoms with Gasteiger partial charge in [-0.05, 0) is 48.4 Å². The highest BCUT2D eigenvalue weighted by Gasteiger charge is 2.29. The van der Waals surface area contributed by atoms with Crippen LogP contribution in [0, 0.1) is 6.92 Å². The van der Waals surface area contributed by atoms with Crippen LogP contribution in [-0.2, 0) is 22.3 Å². The van der Waals surface area contributed by atoms with Gasteiger partial charge in [0.2, 0.25) is 0 Å². The molecule has 0 aromatic heterocycles. The average Bonchev–Trinajstić information content (AvgIpc) is 2.63. The molecule has 1 N–H and O–H groups in total. The lowest BCUT2D eigenvalue weighted by Crippen LogP contribution is -2.28. The number of nitrogens with one attached hydrogen (secondary N) is 1. The molecule has 0 saturated carbocycles. The lowest BCUT2D eigenvalue weighted by Gasteiger charge is -2.10. The van der Waals surface area contributed by atoms with E-state index in [9.17, 15) is 22.8 Å². The van der Waals surface area contributed by atoms with E-state index in [4.69, 9.17) is 9.47 Å². The molecule has 1 amide bonds. The summed E-state index contributed by atoms with van der Waals surface area (Å²) in [5.41, 5.74) is 0.686. The highest BCUT2D eigenvalue weighted by atomic mass is 19.4. The fourth-order valence-corrected chi connectivity index (χ4v) is 2.26. The normalized spacial score (nSPS) is 11.0. The Hall–Kier alpha value is -3.03. The predicted molar refractivity (Wildman–Crippen MR) is 91.3 cm³/mol. The zero-order valence-corrected chi connectivity index (χ0v) is 14.7. The third-order valence-electron chi connectivity index (χ3n) is 3.76. The first-order valence-electron chi connectivity index (χ1n) is 7.95. The molecule has 0 heterocycles. The van der Waals surface area contributed by atoms with E-state index in [1.165, 1.54) is 25.3 Å². The zero-order chi connectivity index (χ0) is 20.0. The van der Waals surface area contributed by atoms with Gasteiger partial charge in [0.1, 0.15) is 5.75 Å². The van der Waals surface area contributed by atoms with E-state index < -0.39 is 30.2 Å². The molecule has 0 aliphatic rings. The molecule has 0 bridgehead atoms. The summed E-state index contributed by atoms with van der Waals surface area (Å²) in [6, 6.07) is 9.24. The molecule has 0 unspecified atom stereocenters. The van der Waals surface area contributed by atoms with Crippen molar-refractivity contribution in [3.05, 3.63) is 64.7 Å². The lowest BCUT2D eigenvalue weighted by molar-refractivity contribution is -0.137. The van der Waals surface area contributed by atoms with Gasteiger partial charge in [-0.1, -0.05) is 12.1 Å². The van der Waals surface area contributed by atoms with E-state index in [0.717, 1.165) is 12.1 Å². The van der Waals surface area contributed by atoms with E-state index in [1.807, 2.05) is 0 Å². The number of carbonyl (C=O) groups is 2. The number of hydrogen-bond donors (Lipinski definition) is 1. The van der Waals surface area contributed by atoms with Crippen molar-refractivity contribution >= 4 is 11.9 Å². The molecule has 144 valence electrons. The second-order valence-corrected chi connectivity index (χ2v) is 5.73. The van der Waals surface area contributed by atoms with Crippen LogP contribution in [-0.4, -0.2) is 25.6 Å². The summed E-state index contributed by atoms with van der Waals surface area (Å²) in [6.07, 6.45) is -4.41. The van der Waals surface area contributed by atoms with Gasteiger partial charge in [0.25, 0.3) is 5.91 Å². The summed E-state index contributed by atoms with van der Waals surface area (Å²) < 4.78 is 47.5. The van der Waals surface area contributed by atoms with Crippen molar-refractivity contribution in [3.8, 4) is 5.75 Å². The van der Waals surface area contributed by atoms with Crippen LogP contribution in [0.3, 0.4) is 0 Å². The number of carbonyl (C=O) groups excluding carboxylic acids is 2. The molecule has 5 nitrogen and oxygen atoms in total. The molecular weight excluding hydrogens is 363 g/mol. The number of amides is 1. The Morgan fingerprint density at radius 2 is 1.74 bits per heavy atom. The van der Waals surface area contributed by atoms with Gasteiger partial charge in [0.15, 0.2) is 6.61 Å². The van der Waals surface area contributed by atoms with Gasteiger partial charge in [-0.25, -0.2) is 4.79 Å². The average molecular weight is 381 g/mol. The van der Waals surface area contributed by atoms with Crippen LogP contribution in [0.4, 0.5) is 13.2 Å². The molecule has 8 heteroatoms. The SMILES string of the molecule is COc1ccc(C(=O)OCC(=O)NCc2ccc(C(F)(F)F)cc2)c(C)c1. The molecule has 0 fully saturated rings. The minimum Gasteiger partial charge on any atom is -0.497 e. The molecular formula is C19H18F3NO4. The van der Waals surface area contributed by atoms with Crippen LogP contribution in [0.1, 0.15) is 27.0 Å². The number of benzene rings is 2. The fraction of sp³-hybridized carbons (Fsp3) is 0.263. The number of esters is 1. The Labute approximate surface area is 154 Å². The van der Waals surface area contributed by atoms with Crippen LogP contribution in [0.5, 0.6) is 5.75 Å². The van der Waals surface area contributed by atoms with Crippen molar-refractivity contribution in [1.82, 2.24) is 5.32 Å². The number of alkyl halides is 3. The summed E-state index contributed by atoms with van der Waals surface area (Å²) in [5.74, 6) is -0.618. The van der Waals surface area contributed by atoms with Crippen LogP contribution in [0.15, 0.2) is 42.5 Å². The Morgan fingerprint density at radius 1 is 1.07 bits per heavy atom. The summed E-state index contributed by atoms with van der Waals surface area (Å²) in [4.78, 5) is 23.8. The number of hydrogen-bond acceptors (Lipinski definition) is 4. The van der Waals surface area contributed by atoms with E-state index in [0.29, 0.717) is 22.4 Å². The molecule has 2 rings (SSSR count). The maximum atomic E-state index is 12.5. The van der Waals surface area contributed by atoms with Gasteiger partial charge in [0.05, 0.1) is 18.2 Å². The Kier molecular flexibility index (Phi) is 6.44. The van der Waals surface area contributed by atoms with Crippen LogP contribution >= 0.6 is 0 Å². The quantitative estimate of drug-likeness (QED) is 0.778. The number of ether oxygens (including phenoxy) is 2. The Balaban J connectivity index is 1.83. The topological polar surface area (TPSA) is 64.6 Å². The molecule has 0 aliphatic carbocycles. The van der Waals surface area contributed by atoms with Crippen LogP contribution in [0.25, 0.3) is 0 Å². The number of aryl methyl sites for hydroxylation is 1. The molecule has 0 atom stereocenters. The minimum absolute atomic E-state index is 0.0239. The highest BCUT2D eigenvalue weighted by Crippen LogP contribution is 2.29. The number of rotatable bonds is 6. The third kappa shape index (κ3) is 5.73. The van der Waals surface area contributed by atoms with E-state index >= 15 is 0 Å². The van der Waals surface area contributed by atoms with Crippen molar-refractivity contribution in [2.24, 2.45) is 0 Å². The van der Waals surface area contributed by atoms with Gasteiger partial charge >= 0.3 is 12.1 Å². The van der Waals surface area contributed by atoms with Gasteiger partial charge in [-0.2, -0.15) is 13.2 Å². The van der Waals surface area contributed by atoms with E-state index in [2.05, 4.69) is 5.32 Å². The first kappa shape index (κ1) is 20.3. The van der Waals surface area contributed by atoms with Crippen LogP contribution in [0.2, 0.25) is 0 Å². The van der Waals surface area contributed by atoms with Crippen molar-refractivity contribution in [1.29, 1.82) is 0 Å². The number of halogens is 3. The van der Waals surface area contributed by atoms with Gasteiger partial charge in [-0.3, -0.25) is 4.79 Å². The maximum absolute atomic E-state index is 12.5. The second kappa shape index (κ2) is 8.57. The first-order valence-corrected chi connectivity index (χ1v) is 7.95. The maximum Gasteiger partial charge on any atom is 0.416 e. The van der Waals surface area contributed by atoms with Crippen molar-refractivity contribution < 1.29 is 32.2 Å². The molecule has 2 aromatic rings. The lowest BCUT2D eigenvalue weighted by atomic mass is 10.1. The minimum atomic E-state index is -4.41. The Bertz CT molecular complexity index is 817. The van der Waals surface area contributed by atoms with E-state index in [-0.39, 0.29) is 6.54 Å². The van der Waals surface area contributed by atoms with Gasteiger partial charge in [-0.15, -0.1) is 0 Å². The summed E-state index contributed by atoms with van der Waals surface area (Å²) in [7, 11) is 1.51. The summed E-state index contributed by atoms with van der Waals surface area (Å²) in [5, 5.41) is 2.48. The monoisotopic (exact) mass is 381 g/mol. The fourth-order valence-electron chi connectivity index (χ4n) is 2.26. The summed E-state index contributed by atoms with van der Waals surface area (Å²) in [6.45, 7) is 1.24. The van der Waals surface area contributed by atoms with Gasteiger partial charge in [0, 0.05) is 6.54 Å². The molecule has 27 heavy (non-hydrogen) atoms. The Morgan fingerprint density at radius 3 is 2.30 bits per heavy atom. The van der Waals surface area contributed by atoms with E-state index in [1.54, 1.807) is 19.1 Å². The van der Waals surface area contributed by atoms with Crippen molar-refractivity contribution in [2.75, 3.05) is 13.7 Å². The zero-order valence-electron chi connectivity index (χ0n) is 14.7. The van der Waals surface area contributed by atoms with Crippen LogP contribution < -0.4 is 10.1 Å². The molecule has 0 saturated heterocycles. The molecule has 0 radical (unpaired) electrons. The van der Waals surface area contributed by atoms with Gasteiger partial charge < -0.3 is 14.8 Å². The first-order chi connectivity index (χ1) is 12.7. The van der Waals surface area contributed by atoms with Crippen molar-refractivity contribution in [2.45, 2.75) is 19.6 Å². The van der Waals surface area contributed by atoms with Crippen molar-refractivity contribution in [3.63, 3.8) is 0 Å². The molecule has 0 spiro atoms. The highest BCUT2D eigenvalue weighted by molar-refractivity contribution is 5.92. The summed E-state index contributed by atoms with van der Waals surface area (Å²) >= 11 is 0. The second-order valence-electron chi connectivity index (χ2n) is 5.73. The molecule has 2 aromatic carbocycles. The third-order valence-corrected chi connectivity index (χ3v) is 3.76.